The number of hydrogen-bond acceptors (Lipinski definition) is 4. The number of methoxy groups -OCH3 is 1. The van der Waals surface area contributed by atoms with Crippen molar-refractivity contribution in [3.63, 3.8) is 0 Å². The molecule has 3 aromatic carbocycles. The summed E-state index contributed by atoms with van der Waals surface area (Å²) in [5.74, 6) is 0.828. The summed E-state index contributed by atoms with van der Waals surface area (Å²) >= 11 is 0. The summed E-state index contributed by atoms with van der Waals surface area (Å²) in [6, 6.07) is 25.5. The third-order valence-electron chi connectivity index (χ3n) is 5.03. The Morgan fingerprint density at radius 1 is 0.906 bits per heavy atom. The van der Waals surface area contributed by atoms with Crippen LogP contribution in [0.1, 0.15) is 17.5 Å². The minimum absolute atomic E-state index is 0.205. The minimum atomic E-state index is -0.205. The van der Waals surface area contributed by atoms with Gasteiger partial charge in [-0.25, -0.2) is 4.79 Å². The van der Waals surface area contributed by atoms with Gasteiger partial charge in [-0.3, -0.25) is 0 Å². The summed E-state index contributed by atoms with van der Waals surface area (Å²) in [4.78, 5) is 14.4. The zero-order chi connectivity index (χ0) is 22.6. The van der Waals surface area contributed by atoms with E-state index in [1.54, 1.807) is 7.11 Å². The molecule has 0 heterocycles. The molecule has 0 saturated heterocycles. The van der Waals surface area contributed by atoms with E-state index in [1.807, 2.05) is 66.7 Å². The number of benzene rings is 3. The maximum atomic E-state index is 12.2. The maximum Gasteiger partial charge on any atom is 0.319 e. The lowest BCUT2D eigenvalue weighted by Gasteiger charge is -2.19. The van der Waals surface area contributed by atoms with E-state index in [4.69, 9.17) is 9.47 Å². The SMILES string of the molecule is COc1ccc(COCc2cccc(NC(=O)NCCCN(C)c3ccccc3)c2)cc1. The number of hydrogen-bond donors (Lipinski definition) is 2. The highest BCUT2D eigenvalue weighted by Crippen LogP contribution is 2.15. The predicted octanol–water partition coefficient (Wildman–Crippen LogP) is 5.06. The maximum absolute atomic E-state index is 12.2. The van der Waals surface area contributed by atoms with Crippen LogP contribution in [0.4, 0.5) is 16.2 Å². The first kappa shape index (κ1) is 23.2. The number of para-hydroxylation sites is 1. The summed E-state index contributed by atoms with van der Waals surface area (Å²) in [6.07, 6.45) is 0.859. The van der Waals surface area contributed by atoms with Gasteiger partial charge in [0.15, 0.2) is 0 Å². The second kappa shape index (κ2) is 12.4. The zero-order valence-electron chi connectivity index (χ0n) is 18.7. The smallest absolute Gasteiger partial charge is 0.319 e. The average molecular weight is 434 g/mol. The summed E-state index contributed by atoms with van der Waals surface area (Å²) in [6.45, 7) is 2.45. The molecule has 0 aromatic heterocycles. The largest absolute Gasteiger partial charge is 0.497 e. The number of nitrogens with zero attached hydrogens (tertiary/aromatic N) is 1. The van der Waals surface area contributed by atoms with Crippen LogP contribution in [0, 0.1) is 0 Å². The fourth-order valence-electron chi connectivity index (χ4n) is 3.25. The third kappa shape index (κ3) is 7.63. The molecule has 0 unspecified atom stereocenters. The fraction of sp³-hybridized carbons (Fsp3) is 0.269. The Hall–Kier alpha value is -3.51. The minimum Gasteiger partial charge on any atom is -0.497 e. The van der Waals surface area contributed by atoms with Gasteiger partial charge in [0.25, 0.3) is 0 Å². The van der Waals surface area contributed by atoms with Crippen molar-refractivity contribution in [2.75, 3.05) is 37.5 Å². The van der Waals surface area contributed by atoms with Gasteiger partial charge in [0.1, 0.15) is 5.75 Å². The Kier molecular flexibility index (Phi) is 8.95. The Balaban J connectivity index is 1.36. The van der Waals surface area contributed by atoms with Gasteiger partial charge in [0.2, 0.25) is 0 Å². The molecule has 6 nitrogen and oxygen atoms in total. The molecule has 0 fully saturated rings. The molecule has 6 heteroatoms. The van der Waals surface area contributed by atoms with E-state index in [2.05, 4.69) is 34.7 Å². The standard InChI is InChI=1S/C26H31N3O3/c1-29(24-10-4-3-5-11-24)17-7-16-27-26(30)28-23-9-6-8-22(18-23)20-32-19-21-12-14-25(31-2)15-13-21/h3-6,8-15,18H,7,16-17,19-20H2,1-2H3,(H2,27,28,30). The topological polar surface area (TPSA) is 62.8 Å². The van der Waals surface area contributed by atoms with E-state index < -0.39 is 0 Å². The van der Waals surface area contributed by atoms with Gasteiger partial charge in [0, 0.05) is 31.5 Å². The lowest BCUT2D eigenvalue weighted by molar-refractivity contribution is 0.107. The van der Waals surface area contributed by atoms with Crippen LogP contribution in [-0.2, 0) is 18.0 Å². The van der Waals surface area contributed by atoms with Crippen molar-refractivity contribution < 1.29 is 14.3 Å². The summed E-state index contributed by atoms with van der Waals surface area (Å²) in [5.41, 5.74) is 4.00. The molecule has 3 aromatic rings. The van der Waals surface area contributed by atoms with E-state index in [0.29, 0.717) is 19.8 Å². The summed E-state index contributed by atoms with van der Waals surface area (Å²) in [7, 11) is 3.70. The van der Waals surface area contributed by atoms with Gasteiger partial charge in [-0.05, 0) is 53.9 Å². The van der Waals surface area contributed by atoms with Crippen molar-refractivity contribution in [1.82, 2.24) is 5.32 Å². The van der Waals surface area contributed by atoms with E-state index in [9.17, 15) is 4.79 Å². The Bertz CT molecular complexity index is 962. The quantitative estimate of drug-likeness (QED) is 0.415. The number of urea groups is 1. The van der Waals surface area contributed by atoms with E-state index in [1.165, 1.54) is 5.69 Å². The van der Waals surface area contributed by atoms with E-state index in [-0.39, 0.29) is 6.03 Å². The van der Waals surface area contributed by atoms with Crippen molar-refractivity contribution in [1.29, 1.82) is 0 Å². The van der Waals surface area contributed by atoms with Crippen LogP contribution < -0.4 is 20.3 Å². The predicted molar refractivity (Wildman–Crippen MR) is 129 cm³/mol. The van der Waals surface area contributed by atoms with Gasteiger partial charge in [0.05, 0.1) is 20.3 Å². The molecule has 2 amide bonds. The molecule has 168 valence electrons. The number of carbonyl (C=O) groups excluding carboxylic acids is 1. The molecule has 0 saturated carbocycles. The monoisotopic (exact) mass is 433 g/mol. The lowest BCUT2D eigenvalue weighted by Crippen LogP contribution is -2.31. The van der Waals surface area contributed by atoms with Crippen LogP contribution in [0.3, 0.4) is 0 Å². The Labute approximate surface area is 190 Å². The molecule has 0 spiro atoms. The molecular weight excluding hydrogens is 402 g/mol. The number of rotatable bonds is 11. The first-order chi connectivity index (χ1) is 15.6. The van der Waals surface area contributed by atoms with Gasteiger partial charge >= 0.3 is 6.03 Å². The van der Waals surface area contributed by atoms with E-state index >= 15 is 0 Å². The molecule has 0 bridgehead atoms. The van der Waals surface area contributed by atoms with Gasteiger partial charge < -0.3 is 25.0 Å². The Morgan fingerprint density at radius 3 is 2.41 bits per heavy atom. The highest BCUT2D eigenvalue weighted by molar-refractivity contribution is 5.89. The molecule has 3 rings (SSSR count). The van der Waals surface area contributed by atoms with Crippen molar-refractivity contribution in [3.8, 4) is 5.75 Å². The summed E-state index contributed by atoms with van der Waals surface area (Å²) < 4.78 is 11.0. The molecule has 32 heavy (non-hydrogen) atoms. The van der Waals surface area contributed by atoms with Crippen LogP contribution in [0.5, 0.6) is 5.75 Å². The molecule has 2 N–H and O–H groups in total. The van der Waals surface area contributed by atoms with Crippen molar-refractivity contribution in [2.45, 2.75) is 19.6 Å². The fourth-order valence-corrected chi connectivity index (χ4v) is 3.25. The third-order valence-corrected chi connectivity index (χ3v) is 5.03. The molecule has 0 aliphatic rings. The zero-order valence-corrected chi connectivity index (χ0v) is 18.7. The van der Waals surface area contributed by atoms with Crippen LogP contribution >= 0.6 is 0 Å². The number of nitrogens with one attached hydrogen (secondary N) is 2. The van der Waals surface area contributed by atoms with E-state index in [0.717, 1.165) is 35.5 Å². The first-order valence-electron chi connectivity index (χ1n) is 10.7. The first-order valence-corrected chi connectivity index (χ1v) is 10.7. The molecule has 0 aliphatic carbocycles. The normalized spacial score (nSPS) is 10.4. The highest BCUT2D eigenvalue weighted by Gasteiger charge is 2.04. The second-order valence-corrected chi connectivity index (χ2v) is 7.53. The number of amides is 2. The second-order valence-electron chi connectivity index (χ2n) is 7.53. The molecule has 0 radical (unpaired) electrons. The van der Waals surface area contributed by atoms with Crippen molar-refractivity contribution in [3.05, 3.63) is 90.0 Å². The van der Waals surface area contributed by atoms with Crippen molar-refractivity contribution >= 4 is 17.4 Å². The average Bonchev–Trinajstić information content (AvgIpc) is 2.83. The van der Waals surface area contributed by atoms with Gasteiger partial charge in [-0.1, -0.05) is 42.5 Å². The van der Waals surface area contributed by atoms with Crippen LogP contribution in [0.25, 0.3) is 0 Å². The number of anilines is 2. The molecule has 0 aliphatic heterocycles. The Morgan fingerprint density at radius 2 is 1.66 bits per heavy atom. The van der Waals surface area contributed by atoms with Gasteiger partial charge in [-0.15, -0.1) is 0 Å². The van der Waals surface area contributed by atoms with Crippen LogP contribution in [0.15, 0.2) is 78.9 Å². The van der Waals surface area contributed by atoms with Crippen LogP contribution in [0.2, 0.25) is 0 Å². The molecular formula is C26H31N3O3. The lowest BCUT2D eigenvalue weighted by atomic mass is 10.2. The summed E-state index contributed by atoms with van der Waals surface area (Å²) in [5, 5.41) is 5.80. The number of ether oxygens (including phenoxy) is 2. The number of carbonyl (C=O) groups is 1. The highest BCUT2D eigenvalue weighted by atomic mass is 16.5. The van der Waals surface area contributed by atoms with Crippen molar-refractivity contribution in [2.24, 2.45) is 0 Å². The molecule has 0 atom stereocenters. The van der Waals surface area contributed by atoms with Gasteiger partial charge in [-0.2, -0.15) is 0 Å². The van der Waals surface area contributed by atoms with Crippen LogP contribution in [-0.4, -0.2) is 33.3 Å².